The van der Waals surface area contributed by atoms with Gasteiger partial charge in [0.05, 0.1) is 5.52 Å². The minimum absolute atomic E-state index is 0.208. The van der Waals surface area contributed by atoms with Gasteiger partial charge < -0.3 is 4.90 Å². The highest BCUT2D eigenvalue weighted by Crippen LogP contribution is 2.22. The van der Waals surface area contributed by atoms with E-state index >= 15 is 0 Å². The zero-order valence-electron chi connectivity index (χ0n) is 14.5. The number of rotatable bonds is 3. The van der Waals surface area contributed by atoms with Crippen molar-refractivity contribution in [1.82, 2.24) is 9.88 Å². The molecule has 0 amide bonds. The molecule has 0 N–H and O–H groups in total. The van der Waals surface area contributed by atoms with Crippen molar-refractivity contribution in [3.63, 3.8) is 0 Å². The van der Waals surface area contributed by atoms with Gasteiger partial charge in [-0.25, -0.2) is 8.78 Å². The largest absolute Gasteiger partial charge is 0.370 e. The molecule has 1 aromatic heterocycles. The first kappa shape index (κ1) is 16.9. The normalized spacial score (nSPS) is 16.0. The van der Waals surface area contributed by atoms with Crippen molar-refractivity contribution in [3.8, 4) is 0 Å². The monoisotopic (exact) mass is 353 g/mol. The van der Waals surface area contributed by atoms with Crippen LogP contribution >= 0.6 is 0 Å². The van der Waals surface area contributed by atoms with Crippen molar-refractivity contribution < 1.29 is 8.78 Å². The van der Waals surface area contributed by atoms with Gasteiger partial charge in [0.15, 0.2) is 0 Å². The summed E-state index contributed by atoms with van der Waals surface area (Å²) >= 11 is 0. The van der Waals surface area contributed by atoms with Gasteiger partial charge in [0.2, 0.25) is 0 Å². The van der Waals surface area contributed by atoms with Crippen LogP contribution in [-0.2, 0) is 6.54 Å². The molecule has 26 heavy (non-hydrogen) atoms. The first-order valence-electron chi connectivity index (χ1n) is 8.96. The van der Waals surface area contributed by atoms with Crippen LogP contribution in [0.4, 0.5) is 14.5 Å². The molecule has 5 heteroatoms. The van der Waals surface area contributed by atoms with Crippen LogP contribution in [0.2, 0.25) is 0 Å². The highest BCUT2D eigenvalue weighted by Gasteiger charge is 2.17. The molecule has 1 aliphatic rings. The Labute approximate surface area is 151 Å². The third kappa shape index (κ3) is 3.53. The Morgan fingerprint density at radius 1 is 0.885 bits per heavy atom. The standard InChI is InChI=1S/C21H21F2N3/c22-17-5-7-18(8-6-17)26-12-2-11-25(13-14-26)15-16-4-9-20(23)19-3-1-10-24-21(16)19/h1,3-10H,2,11-15H2. The Bertz CT molecular complexity index is 895. The van der Waals surface area contributed by atoms with Crippen molar-refractivity contribution in [2.45, 2.75) is 13.0 Å². The molecule has 2 heterocycles. The minimum Gasteiger partial charge on any atom is -0.370 e. The van der Waals surface area contributed by atoms with E-state index in [-0.39, 0.29) is 11.6 Å². The summed E-state index contributed by atoms with van der Waals surface area (Å²) in [6.07, 6.45) is 2.74. The molecular weight excluding hydrogens is 332 g/mol. The maximum Gasteiger partial charge on any atom is 0.132 e. The fourth-order valence-electron chi connectivity index (χ4n) is 3.60. The van der Waals surface area contributed by atoms with Gasteiger partial charge in [0, 0.05) is 50.0 Å². The van der Waals surface area contributed by atoms with Gasteiger partial charge >= 0.3 is 0 Å². The molecule has 0 atom stereocenters. The van der Waals surface area contributed by atoms with Crippen molar-refractivity contribution in [2.24, 2.45) is 0 Å². The molecule has 4 rings (SSSR count). The van der Waals surface area contributed by atoms with Crippen LogP contribution in [0.3, 0.4) is 0 Å². The fraction of sp³-hybridized carbons (Fsp3) is 0.286. The van der Waals surface area contributed by atoms with E-state index in [1.54, 1.807) is 18.3 Å². The lowest BCUT2D eigenvalue weighted by molar-refractivity contribution is 0.286. The highest BCUT2D eigenvalue weighted by atomic mass is 19.1. The van der Waals surface area contributed by atoms with Gasteiger partial charge in [0.25, 0.3) is 0 Å². The molecule has 0 aliphatic carbocycles. The molecule has 0 bridgehead atoms. The van der Waals surface area contributed by atoms with Gasteiger partial charge in [0.1, 0.15) is 11.6 Å². The molecular formula is C21H21F2N3. The summed E-state index contributed by atoms with van der Waals surface area (Å²) in [7, 11) is 0. The smallest absolute Gasteiger partial charge is 0.132 e. The van der Waals surface area contributed by atoms with Gasteiger partial charge in [-0.2, -0.15) is 0 Å². The average molecular weight is 353 g/mol. The number of halogens is 2. The van der Waals surface area contributed by atoms with Crippen molar-refractivity contribution >= 4 is 16.6 Å². The lowest BCUT2D eigenvalue weighted by Crippen LogP contribution is -2.30. The van der Waals surface area contributed by atoms with E-state index in [2.05, 4.69) is 14.8 Å². The Morgan fingerprint density at radius 3 is 2.58 bits per heavy atom. The second-order valence-corrected chi connectivity index (χ2v) is 6.70. The van der Waals surface area contributed by atoms with Crippen LogP contribution in [0.5, 0.6) is 0 Å². The number of nitrogens with zero attached hydrogens (tertiary/aromatic N) is 3. The van der Waals surface area contributed by atoms with Crippen LogP contribution in [0.25, 0.3) is 10.9 Å². The minimum atomic E-state index is -0.227. The molecule has 1 fully saturated rings. The van der Waals surface area contributed by atoms with Crippen molar-refractivity contribution in [1.29, 1.82) is 0 Å². The van der Waals surface area contributed by atoms with Gasteiger partial charge in [-0.15, -0.1) is 0 Å². The van der Waals surface area contributed by atoms with E-state index < -0.39 is 0 Å². The number of aromatic nitrogens is 1. The zero-order valence-corrected chi connectivity index (χ0v) is 14.5. The maximum atomic E-state index is 14.0. The Kier molecular flexibility index (Phi) is 4.80. The molecule has 134 valence electrons. The van der Waals surface area contributed by atoms with E-state index in [1.807, 2.05) is 18.2 Å². The van der Waals surface area contributed by atoms with Crippen LogP contribution in [0.15, 0.2) is 54.7 Å². The summed E-state index contributed by atoms with van der Waals surface area (Å²) in [5.41, 5.74) is 2.85. The van der Waals surface area contributed by atoms with E-state index in [0.717, 1.165) is 55.9 Å². The Hall–Kier alpha value is -2.53. The molecule has 0 unspecified atom stereocenters. The molecule has 0 radical (unpaired) electrons. The van der Waals surface area contributed by atoms with Crippen molar-refractivity contribution in [2.75, 3.05) is 31.1 Å². The first-order valence-corrected chi connectivity index (χ1v) is 8.96. The second-order valence-electron chi connectivity index (χ2n) is 6.70. The fourth-order valence-corrected chi connectivity index (χ4v) is 3.60. The zero-order chi connectivity index (χ0) is 17.9. The third-order valence-corrected chi connectivity index (χ3v) is 4.97. The number of hydrogen-bond acceptors (Lipinski definition) is 3. The lowest BCUT2D eigenvalue weighted by Gasteiger charge is -2.24. The van der Waals surface area contributed by atoms with Crippen LogP contribution in [0.1, 0.15) is 12.0 Å². The molecule has 0 spiro atoms. The van der Waals surface area contributed by atoms with Crippen molar-refractivity contribution in [3.05, 3.63) is 71.9 Å². The molecule has 0 saturated carbocycles. The number of anilines is 1. The predicted molar refractivity (Wildman–Crippen MR) is 100 cm³/mol. The van der Waals surface area contributed by atoms with E-state index in [9.17, 15) is 8.78 Å². The Balaban J connectivity index is 1.48. The Morgan fingerprint density at radius 2 is 1.73 bits per heavy atom. The molecule has 3 aromatic rings. The van der Waals surface area contributed by atoms with E-state index in [4.69, 9.17) is 0 Å². The SMILES string of the molecule is Fc1ccc(N2CCCN(Cc3ccc(F)c4cccnc34)CC2)cc1. The second kappa shape index (κ2) is 7.38. The number of benzene rings is 2. The molecule has 1 aliphatic heterocycles. The highest BCUT2D eigenvalue weighted by molar-refractivity contribution is 5.82. The first-order chi connectivity index (χ1) is 12.7. The number of pyridine rings is 1. The molecule has 1 saturated heterocycles. The molecule has 2 aromatic carbocycles. The van der Waals surface area contributed by atoms with E-state index in [0.29, 0.717) is 5.39 Å². The number of fused-ring (bicyclic) bond motifs is 1. The summed E-state index contributed by atoms with van der Waals surface area (Å²) in [5, 5.41) is 0.577. The third-order valence-electron chi connectivity index (χ3n) is 4.97. The number of hydrogen-bond donors (Lipinski definition) is 0. The van der Waals surface area contributed by atoms with Crippen LogP contribution < -0.4 is 4.90 Å². The quantitative estimate of drug-likeness (QED) is 0.703. The van der Waals surface area contributed by atoms with Crippen LogP contribution in [0, 0.1) is 11.6 Å². The van der Waals surface area contributed by atoms with Gasteiger partial charge in [-0.3, -0.25) is 9.88 Å². The summed E-state index contributed by atoms with van der Waals surface area (Å²) in [6, 6.07) is 13.6. The lowest BCUT2D eigenvalue weighted by atomic mass is 10.1. The topological polar surface area (TPSA) is 19.4 Å². The van der Waals surface area contributed by atoms with E-state index in [1.165, 1.54) is 18.2 Å². The predicted octanol–water partition coefficient (Wildman–Crippen LogP) is 4.23. The van der Waals surface area contributed by atoms with Gasteiger partial charge in [-0.05, 0) is 54.4 Å². The average Bonchev–Trinajstić information content (AvgIpc) is 2.91. The molecule has 3 nitrogen and oxygen atoms in total. The van der Waals surface area contributed by atoms with Crippen LogP contribution in [-0.4, -0.2) is 36.1 Å². The van der Waals surface area contributed by atoms with Gasteiger partial charge in [-0.1, -0.05) is 6.07 Å². The summed E-state index contributed by atoms with van der Waals surface area (Å²) in [5.74, 6) is -0.434. The maximum absolute atomic E-state index is 14.0. The summed E-state index contributed by atoms with van der Waals surface area (Å²) < 4.78 is 27.1. The summed E-state index contributed by atoms with van der Waals surface area (Å²) in [4.78, 5) is 9.06. The summed E-state index contributed by atoms with van der Waals surface area (Å²) in [6.45, 7) is 4.47.